The molecule has 1 aliphatic rings. The minimum atomic E-state index is -1.20. The largest absolute Gasteiger partial charge is 0.390 e. The average Bonchev–Trinajstić information content (AvgIpc) is 2.97. The van der Waals surface area contributed by atoms with Crippen molar-refractivity contribution in [2.45, 2.75) is 24.9 Å². The number of hydrogen-bond acceptors (Lipinski definition) is 6. The van der Waals surface area contributed by atoms with Crippen LogP contribution in [0, 0.1) is 0 Å². The summed E-state index contributed by atoms with van der Waals surface area (Å²) in [4.78, 5) is 11.5. The third kappa shape index (κ3) is 3.06. The van der Waals surface area contributed by atoms with Crippen LogP contribution in [0.15, 0.2) is 11.4 Å². The molecule has 4 N–H and O–H groups in total. The number of hydrogen-bond donors (Lipinski definition) is 3. The summed E-state index contributed by atoms with van der Waals surface area (Å²) >= 11 is 1.37. The lowest BCUT2D eigenvalue weighted by molar-refractivity contribution is -0.121. The van der Waals surface area contributed by atoms with E-state index < -0.39 is 24.4 Å². The van der Waals surface area contributed by atoms with Crippen molar-refractivity contribution in [2.75, 3.05) is 13.2 Å². The lowest BCUT2D eigenvalue weighted by Gasteiger charge is -2.15. The van der Waals surface area contributed by atoms with Gasteiger partial charge < -0.3 is 25.4 Å². The Kier molecular flexibility index (Phi) is 4.31. The Hall–Kier alpha value is -0.990. The third-order valence-corrected chi connectivity index (χ3v) is 3.58. The molecule has 6 nitrogen and oxygen atoms in total. The summed E-state index contributed by atoms with van der Waals surface area (Å²) in [6, 6.07) is 1.70. The summed E-state index contributed by atoms with van der Waals surface area (Å²) < 4.78 is 10.7. The van der Waals surface area contributed by atoms with Crippen LogP contribution in [-0.2, 0) is 14.3 Å². The highest BCUT2D eigenvalue weighted by Gasteiger charge is 2.25. The maximum atomic E-state index is 10.7. The first-order valence-corrected chi connectivity index (χ1v) is 6.42. The van der Waals surface area contributed by atoms with Gasteiger partial charge >= 0.3 is 0 Å². The molecule has 1 saturated heterocycles. The van der Waals surface area contributed by atoms with Gasteiger partial charge in [0, 0.05) is 0 Å². The maximum Gasteiger partial charge on any atom is 0.220 e. The second-order valence-electron chi connectivity index (χ2n) is 4.04. The first-order valence-electron chi connectivity index (χ1n) is 5.54. The first kappa shape index (κ1) is 13.4. The summed E-state index contributed by atoms with van der Waals surface area (Å²) in [6.07, 6.45) is -3.01. The predicted octanol–water partition coefficient (Wildman–Crippen LogP) is 0.0632. The van der Waals surface area contributed by atoms with E-state index in [0.717, 1.165) is 4.88 Å². The van der Waals surface area contributed by atoms with E-state index in [1.807, 2.05) is 0 Å². The standard InChI is InChI=1S/C11H15NO5S/c12-9(14)4-7(13)10(15)6-3-8(18-5-6)11-16-1-2-17-11/h3,5,7,10-11,13,15H,1-2,4H2,(H2,12,14). The lowest BCUT2D eigenvalue weighted by Crippen LogP contribution is -2.25. The van der Waals surface area contributed by atoms with Crippen molar-refractivity contribution >= 4 is 17.2 Å². The van der Waals surface area contributed by atoms with Gasteiger partial charge in [0.05, 0.1) is 30.6 Å². The van der Waals surface area contributed by atoms with Crippen LogP contribution < -0.4 is 5.73 Å². The van der Waals surface area contributed by atoms with E-state index >= 15 is 0 Å². The van der Waals surface area contributed by atoms with Gasteiger partial charge in [-0.25, -0.2) is 0 Å². The minimum Gasteiger partial charge on any atom is -0.390 e. The van der Waals surface area contributed by atoms with Gasteiger partial charge in [-0.3, -0.25) is 4.79 Å². The highest BCUT2D eigenvalue weighted by molar-refractivity contribution is 7.10. The highest BCUT2D eigenvalue weighted by Crippen LogP contribution is 2.32. The Labute approximate surface area is 108 Å². The Balaban J connectivity index is 2.02. The average molecular weight is 273 g/mol. The molecule has 0 bridgehead atoms. The number of nitrogens with two attached hydrogens (primary N) is 1. The molecule has 1 fully saturated rings. The summed E-state index contributed by atoms with van der Waals surface area (Å²) in [5.74, 6) is -0.653. The molecular formula is C11H15NO5S. The SMILES string of the molecule is NC(=O)CC(O)C(O)c1csc(C2OCCO2)c1. The lowest BCUT2D eigenvalue weighted by atomic mass is 10.0. The highest BCUT2D eigenvalue weighted by atomic mass is 32.1. The quantitative estimate of drug-likeness (QED) is 0.704. The van der Waals surface area contributed by atoms with Gasteiger partial charge in [-0.05, 0) is 17.0 Å². The molecule has 0 saturated carbocycles. The Morgan fingerprint density at radius 2 is 2.17 bits per heavy atom. The molecule has 1 aliphatic heterocycles. The van der Waals surface area contributed by atoms with Crippen LogP contribution in [0.2, 0.25) is 0 Å². The summed E-state index contributed by atoms with van der Waals surface area (Å²) in [5.41, 5.74) is 5.50. The maximum absolute atomic E-state index is 10.7. The number of rotatable bonds is 5. The topological polar surface area (TPSA) is 102 Å². The zero-order valence-corrected chi connectivity index (χ0v) is 10.4. The fourth-order valence-corrected chi connectivity index (χ4v) is 2.64. The molecule has 1 amide bonds. The molecule has 0 spiro atoms. The van der Waals surface area contributed by atoms with Crippen LogP contribution in [0.25, 0.3) is 0 Å². The fraction of sp³-hybridized carbons (Fsp3) is 0.545. The number of primary amides is 1. The van der Waals surface area contributed by atoms with Crippen LogP contribution in [0.1, 0.15) is 29.3 Å². The van der Waals surface area contributed by atoms with Gasteiger partial charge in [-0.1, -0.05) is 0 Å². The third-order valence-electron chi connectivity index (χ3n) is 2.61. The van der Waals surface area contributed by atoms with Gasteiger partial charge in [0.1, 0.15) is 6.10 Å². The number of aliphatic hydroxyl groups excluding tert-OH is 2. The molecule has 1 aromatic heterocycles. The van der Waals surface area contributed by atoms with E-state index in [0.29, 0.717) is 18.8 Å². The molecular weight excluding hydrogens is 258 g/mol. The first-order chi connectivity index (χ1) is 8.58. The molecule has 2 heterocycles. The van der Waals surface area contributed by atoms with E-state index in [4.69, 9.17) is 15.2 Å². The van der Waals surface area contributed by atoms with Crippen molar-refractivity contribution in [1.29, 1.82) is 0 Å². The van der Waals surface area contributed by atoms with Crippen molar-refractivity contribution < 1.29 is 24.5 Å². The molecule has 2 unspecified atom stereocenters. The predicted molar refractivity (Wildman–Crippen MR) is 63.7 cm³/mol. The second-order valence-corrected chi connectivity index (χ2v) is 4.98. The van der Waals surface area contributed by atoms with Crippen molar-refractivity contribution in [1.82, 2.24) is 0 Å². The fourth-order valence-electron chi connectivity index (χ4n) is 1.71. The van der Waals surface area contributed by atoms with E-state index in [1.165, 1.54) is 11.3 Å². The van der Waals surface area contributed by atoms with Crippen LogP contribution in [-0.4, -0.2) is 35.4 Å². The number of ether oxygens (including phenoxy) is 2. The zero-order valence-electron chi connectivity index (χ0n) is 9.61. The number of amides is 1. The Morgan fingerprint density at radius 1 is 1.50 bits per heavy atom. The van der Waals surface area contributed by atoms with E-state index in [-0.39, 0.29) is 6.42 Å². The molecule has 0 aliphatic carbocycles. The molecule has 0 aromatic carbocycles. The van der Waals surface area contributed by atoms with Crippen molar-refractivity contribution in [3.05, 3.63) is 21.9 Å². The zero-order chi connectivity index (χ0) is 13.1. The summed E-state index contributed by atoms with van der Waals surface area (Å²) in [5, 5.41) is 21.2. The van der Waals surface area contributed by atoms with Gasteiger partial charge in [0.2, 0.25) is 5.91 Å². The van der Waals surface area contributed by atoms with Crippen LogP contribution in [0.3, 0.4) is 0 Å². The second kappa shape index (κ2) is 5.77. The summed E-state index contributed by atoms with van der Waals surface area (Å²) in [6.45, 7) is 1.09. The van der Waals surface area contributed by atoms with Crippen LogP contribution in [0.5, 0.6) is 0 Å². The number of carbonyl (C=O) groups is 1. The van der Waals surface area contributed by atoms with Gasteiger partial charge in [-0.15, -0.1) is 11.3 Å². The van der Waals surface area contributed by atoms with Gasteiger partial charge in [0.25, 0.3) is 0 Å². The molecule has 2 rings (SSSR count). The Bertz CT molecular complexity index is 415. The Morgan fingerprint density at radius 3 is 2.78 bits per heavy atom. The normalized spacial score (nSPS) is 19.9. The smallest absolute Gasteiger partial charge is 0.220 e. The molecule has 100 valence electrons. The van der Waals surface area contributed by atoms with Crippen LogP contribution in [0.4, 0.5) is 0 Å². The molecule has 18 heavy (non-hydrogen) atoms. The van der Waals surface area contributed by atoms with E-state index in [1.54, 1.807) is 11.4 Å². The van der Waals surface area contributed by atoms with Crippen molar-refractivity contribution in [3.8, 4) is 0 Å². The minimum absolute atomic E-state index is 0.275. The molecule has 1 aromatic rings. The molecule has 0 radical (unpaired) electrons. The van der Waals surface area contributed by atoms with Crippen LogP contribution >= 0.6 is 11.3 Å². The van der Waals surface area contributed by atoms with E-state index in [2.05, 4.69) is 0 Å². The number of carbonyl (C=O) groups excluding carboxylic acids is 1. The van der Waals surface area contributed by atoms with Gasteiger partial charge in [-0.2, -0.15) is 0 Å². The van der Waals surface area contributed by atoms with Gasteiger partial charge in [0.15, 0.2) is 6.29 Å². The monoisotopic (exact) mass is 273 g/mol. The molecule has 7 heteroatoms. The van der Waals surface area contributed by atoms with Crippen molar-refractivity contribution in [3.63, 3.8) is 0 Å². The molecule has 2 atom stereocenters. The van der Waals surface area contributed by atoms with E-state index in [9.17, 15) is 15.0 Å². The number of thiophene rings is 1. The number of aliphatic hydroxyl groups is 2. The van der Waals surface area contributed by atoms with Crippen molar-refractivity contribution in [2.24, 2.45) is 5.73 Å². The summed E-state index contributed by atoms with van der Waals surface area (Å²) in [7, 11) is 0.